The predicted octanol–water partition coefficient (Wildman–Crippen LogP) is 2.60. The van der Waals surface area contributed by atoms with Gasteiger partial charge >= 0.3 is 5.97 Å². The van der Waals surface area contributed by atoms with E-state index in [4.69, 9.17) is 0 Å². The summed E-state index contributed by atoms with van der Waals surface area (Å²) in [6, 6.07) is 7.33. The van der Waals surface area contributed by atoms with Gasteiger partial charge in [0.05, 0.1) is 12.7 Å². The van der Waals surface area contributed by atoms with E-state index in [1.807, 2.05) is 37.8 Å². The summed E-state index contributed by atoms with van der Waals surface area (Å²) in [6.45, 7) is 7.56. The number of ether oxygens (including phenoxy) is 2. The van der Waals surface area contributed by atoms with E-state index in [0.29, 0.717) is 18.5 Å². The molecule has 2 rings (SSSR count). The van der Waals surface area contributed by atoms with Crippen molar-refractivity contribution in [3.8, 4) is 0 Å². The van der Waals surface area contributed by atoms with Gasteiger partial charge in [-0.15, -0.1) is 0 Å². The molecule has 1 aliphatic rings. The van der Waals surface area contributed by atoms with Gasteiger partial charge in [-0.1, -0.05) is 12.1 Å². The van der Waals surface area contributed by atoms with E-state index < -0.39 is 0 Å². The monoisotopic (exact) mass is 349 g/mol. The first-order chi connectivity index (χ1) is 11.8. The van der Waals surface area contributed by atoms with Crippen LogP contribution in [0.2, 0.25) is 0 Å². The molecule has 1 aliphatic heterocycles. The fourth-order valence-electron chi connectivity index (χ4n) is 2.27. The molecule has 0 aromatic heterocycles. The number of rotatable bonds is 5. The van der Waals surface area contributed by atoms with E-state index in [2.05, 4.69) is 9.47 Å². The van der Waals surface area contributed by atoms with Crippen LogP contribution in [0.3, 0.4) is 0 Å². The van der Waals surface area contributed by atoms with Crippen LogP contribution >= 0.6 is 0 Å². The Bertz CT molecular complexity index is 574. The third kappa shape index (κ3) is 7.83. The molecule has 0 N–H and O–H groups in total. The molecular formula is C19H27NO5. The van der Waals surface area contributed by atoms with Crippen LogP contribution in [0.25, 0.3) is 0 Å². The van der Waals surface area contributed by atoms with Gasteiger partial charge in [0.15, 0.2) is 0 Å². The molecule has 138 valence electrons. The number of carbonyl (C=O) groups excluding carboxylic acids is 3. The minimum Gasteiger partial charge on any atom is -0.465 e. The fraction of sp³-hybridized carbons (Fsp3) is 0.526. The Morgan fingerprint density at radius 2 is 1.88 bits per heavy atom. The molecule has 6 nitrogen and oxygen atoms in total. The normalized spacial score (nSPS) is 13.8. The zero-order chi connectivity index (χ0) is 18.9. The van der Waals surface area contributed by atoms with Crippen molar-refractivity contribution in [2.24, 2.45) is 0 Å². The Morgan fingerprint density at radius 1 is 1.24 bits per heavy atom. The molecule has 1 aromatic rings. The summed E-state index contributed by atoms with van der Waals surface area (Å²) in [5.41, 5.74) is 1.36. The zero-order valence-corrected chi connectivity index (χ0v) is 15.4. The maximum atomic E-state index is 11.4. The summed E-state index contributed by atoms with van der Waals surface area (Å²) in [4.78, 5) is 34.2. The van der Waals surface area contributed by atoms with Gasteiger partial charge in [-0.25, -0.2) is 4.79 Å². The van der Waals surface area contributed by atoms with Crippen molar-refractivity contribution in [3.05, 3.63) is 35.4 Å². The smallest absolute Gasteiger partial charge is 0.337 e. The summed E-state index contributed by atoms with van der Waals surface area (Å²) in [6.07, 6.45) is 2.48. The third-order valence-corrected chi connectivity index (χ3v) is 3.62. The SMILES string of the molecule is CC(C)(C)OC=O.COC(=O)c1ccc(CCN2CCCC2=O)cc1. The first-order valence-electron chi connectivity index (χ1n) is 8.33. The lowest BCUT2D eigenvalue weighted by Gasteiger charge is -2.15. The average Bonchev–Trinajstić information content (AvgIpc) is 2.97. The van der Waals surface area contributed by atoms with Crippen molar-refractivity contribution in [2.45, 2.75) is 45.6 Å². The molecule has 0 atom stereocenters. The summed E-state index contributed by atoms with van der Waals surface area (Å²) in [7, 11) is 1.37. The number of hydrogen-bond donors (Lipinski definition) is 0. The third-order valence-electron chi connectivity index (χ3n) is 3.62. The van der Waals surface area contributed by atoms with E-state index in [0.717, 1.165) is 31.5 Å². The van der Waals surface area contributed by atoms with Crippen molar-refractivity contribution in [1.29, 1.82) is 0 Å². The van der Waals surface area contributed by atoms with E-state index in [9.17, 15) is 14.4 Å². The Balaban J connectivity index is 0.000000381. The van der Waals surface area contributed by atoms with Crippen LogP contribution in [0.15, 0.2) is 24.3 Å². The van der Waals surface area contributed by atoms with Gasteiger partial charge in [-0.2, -0.15) is 0 Å². The van der Waals surface area contributed by atoms with Crippen LogP contribution in [-0.2, 0) is 25.5 Å². The summed E-state index contributed by atoms with van der Waals surface area (Å²) in [5.74, 6) is -0.0718. The van der Waals surface area contributed by atoms with Crippen molar-refractivity contribution >= 4 is 18.3 Å². The number of carbonyl (C=O) groups is 3. The lowest BCUT2D eigenvalue weighted by atomic mass is 10.1. The highest BCUT2D eigenvalue weighted by molar-refractivity contribution is 5.89. The Labute approximate surface area is 149 Å². The molecule has 1 saturated heterocycles. The summed E-state index contributed by atoms with van der Waals surface area (Å²) < 4.78 is 9.19. The highest BCUT2D eigenvalue weighted by atomic mass is 16.5. The van der Waals surface area contributed by atoms with Crippen molar-refractivity contribution in [3.63, 3.8) is 0 Å². The van der Waals surface area contributed by atoms with Crippen molar-refractivity contribution in [2.75, 3.05) is 20.2 Å². The molecule has 6 heteroatoms. The van der Waals surface area contributed by atoms with E-state index in [-0.39, 0.29) is 17.5 Å². The second-order valence-electron chi connectivity index (χ2n) is 6.75. The standard InChI is InChI=1S/C14H17NO3.C5H10O2/c1-18-14(17)12-6-4-11(5-7-12)8-10-15-9-2-3-13(15)16;1-5(2,3)7-4-6/h4-7H,2-3,8-10H2,1H3;4H,1-3H3. The van der Waals surface area contributed by atoms with E-state index >= 15 is 0 Å². The van der Waals surface area contributed by atoms with Crippen LogP contribution in [0.1, 0.15) is 49.5 Å². The predicted molar refractivity (Wildman–Crippen MR) is 94.2 cm³/mol. The van der Waals surface area contributed by atoms with Gasteiger partial charge in [-0.3, -0.25) is 9.59 Å². The maximum Gasteiger partial charge on any atom is 0.337 e. The number of methoxy groups -OCH3 is 1. The first-order valence-corrected chi connectivity index (χ1v) is 8.33. The van der Waals surface area contributed by atoms with Crippen molar-refractivity contribution < 1.29 is 23.9 Å². The number of nitrogens with zero attached hydrogens (tertiary/aromatic N) is 1. The Kier molecular flexibility index (Phi) is 8.11. The molecule has 0 saturated carbocycles. The highest BCUT2D eigenvalue weighted by Crippen LogP contribution is 2.12. The molecule has 1 fully saturated rings. The lowest BCUT2D eigenvalue weighted by molar-refractivity contribution is -0.138. The zero-order valence-electron chi connectivity index (χ0n) is 15.4. The van der Waals surface area contributed by atoms with Crippen molar-refractivity contribution in [1.82, 2.24) is 4.90 Å². The second kappa shape index (κ2) is 9.81. The Morgan fingerprint density at radius 3 is 2.28 bits per heavy atom. The number of hydrogen-bond acceptors (Lipinski definition) is 5. The van der Waals surface area contributed by atoms with Crippen LogP contribution in [-0.4, -0.2) is 49.0 Å². The molecule has 0 aliphatic carbocycles. The molecular weight excluding hydrogens is 322 g/mol. The molecule has 25 heavy (non-hydrogen) atoms. The average molecular weight is 349 g/mol. The van der Waals surface area contributed by atoms with Crippen LogP contribution in [0.4, 0.5) is 0 Å². The molecule has 1 amide bonds. The molecule has 0 radical (unpaired) electrons. The number of benzene rings is 1. The minimum absolute atomic E-state index is 0.251. The summed E-state index contributed by atoms with van der Waals surface area (Å²) >= 11 is 0. The maximum absolute atomic E-state index is 11.4. The topological polar surface area (TPSA) is 72.9 Å². The molecule has 1 aromatic carbocycles. The largest absolute Gasteiger partial charge is 0.465 e. The lowest BCUT2D eigenvalue weighted by Crippen LogP contribution is -2.26. The molecule has 0 bridgehead atoms. The van der Waals surface area contributed by atoms with Gasteiger partial charge in [0.25, 0.3) is 6.47 Å². The van der Waals surface area contributed by atoms with Crippen LogP contribution in [0, 0.1) is 0 Å². The van der Waals surface area contributed by atoms with Crippen LogP contribution in [0.5, 0.6) is 0 Å². The van der Waals surface area contributed by atoms with E-state index in [1.54, 1.807) is 12.1 Å². The minimum atomic E-state index is -0.323. The van der Waals surface area contributed by atoms with Gasteiger partial charge in [0, 0.05) is 19.5 Å². The van der Waals surface area contributed by atoms with Gasteiger partial charge in [-0.05, 0) is 51.3 Å². The molecule has 0 spiro atoms. The van der Waals surface area contributed by atoms with E-state index in [1.165, 1.54) is 7.11 Å². The second-order valence-corrected chi connectivity index (χ2v) is 6.75. The Hall–Kier alpha value is -2.37. The van der Waals surface area contributed by atoms with Gasteiger partial charge in [0.1, 0.15) is 5.60 Å². The number of esters is 1. The quantitative estimate of drug-likeness (QED) is 0.603. The summed E-state index contributed by atoms with van der Waals surface area (Å²) in [5, 5.41) is 0. The van der Waals surface area contributed by atoms with Crippen LogP contribution < -0.4 is 0 Å². The molecule has 1 heterocycles. The number of amides is 1. The highest BCUT2D eigenvalue weighted by Gasteiger charge is 2.19. The van der Waals surface area contributed by atoms with Gasteiger partial charge in [0.2, 0.25) is 5.91 Å². The number of likely N-dealkylation sites (tertiary alicyclic amines) is 1. The molecule has 0 unspecified atom stereocenters. The first kappa shape index (κ1) is 20.7. The fourth-order valence-corrected chi connectivity index (χ4v) is 2.27. The van der Waals surface area contributed by atoms with Gasteiger partial charge < -0.3 is 14.4 Å².